The quantitative estimate of drug-likeness (QED) is 0.609. The highest BCUT2D eigenvalue weighted by Gasteiger charge is 2.09. The van der Waals surface area contributed by atoms with Gasteiger partial charge in [0.15, 0.2) is 0 Å². The van der Waals surface area contributed by atoms with Crippen LogP contribution in [0, 0.1) is 13.8 Å². The maximum Gasteiger partial charge on any atom is 0.319 e. The zero-order valence-electron chi connectivity index (χ0n) is 15.1. The molecule has 1 aromatic carbocycles. The summed E-state index contributed by atoms with van der Waals surface area (Å²) in [4.78, 5) is 24.0. The number of aryl methyl sites for hydroxylation is 2. The van der Waals surface area contributed by atoms with Gasteiger partial charge in [0.1, 0.15) is 10.0 Å². The van der Waals surface area contributed by atoms with Gasteiger partial charge in [-0.1, -0.05) is 0 Å². The van der Waals surface area contributed by atoms with Crippen molar-refractivity contribution in [3.8, 4) is 0 Å². The largest absolute Gasteiger partial charge is 0.383 e. The van der Waals surface area contributed by atoms with Crippen molar-refractivity contribution in [3.63, 3.8) is 0 Å². The van der Waals surface area contributed by atoms with E-state index in [0.29, 0.717) is 37.4 Å². The van der Waals surface area contributed by atoms with Gasteiger partial charge >= 0.3 is 6.03 Å². The van der Waals surface area contributed by atoms with E-state index in [1.807, 2.05) is 13.8 Å². The predicted molar refractivity (Wildman–Crippen MR) is 101 cm³/mol. The van der Waals surface area contributed by atoms with Crippen molar-refractivity contribution in [2.24, 2.45) is 0 Å². The molecule has 3 N–H and O–H groups in total. The first-order valence-electron chi connectivity index (χ1n) is 8.21. The van der Waals surface area contributed by atoms with E-state index in [1.54, 1.807) is 25.3 Å². The van der Waals surface area contributed by atoms with Crippen molar-refractivity contribution < 1.29 is 14.3 Å². The SMILES string of the molecule is COCCNC(=O)c1ccc(NC(=O)NCCc2nnc(C)s2)c(C)c1. The van der Waals surface area contributed by atoms with Gasteiger partial charge in [0, 0.05) is 37.9 Å². The summed E-state index contributed by atoms with van der Waals surface area (Å²) in [7, 11) is 1.58. The number of hydrogen-bond donors (Lipinski definition) is 3. The summed E-state index contributed by atoms with van der Waals surface area (Å²) < 4.78 is 4.90. The molecule has 0 spiro atoms. The van der Waals surface area contributed by atoms with Crippen LogP contribution in [0.25, 0.3) is 0 Å². The number of hydrogen-bond acceptors (Lipinski definition) is 6. The molecular weight excluding hydrogens is 354 g/mol. The summed E-state index contributed by atoms with van der Waals surface area (Å²) in [6.45, 7) is 5.11. The molecule has 1 aromatic heterocycles. The molecule has 0 radical (unpaired) electrons. The van der Waals surface area contributed by atoms with E-state index in [1.165, 1.54) is 11.3 Å². The molecule has 0 aliphatic heterocycles. The second kappa shape index (κ2) is 9.83. The van der Waals surface area contributed by atoms with Gasteiger partial charge in [-0.15, -0.1) is 21.5 Å². The first-order chi connectivity index (χ1) is 12.5. The zero-order valence-corrected chi connectivity index (χ0v) is 15.9. The van der Waals surface area contributed by atoms with E-state index in [9.17, 15) is 9.59 Å². The fourth-order valence-electron chi connectivity index (χ4n) is 2.20. The third-order valence-electron chi connectivity index (χ3n) is 3.52. The second-order valence-corrected chi connectivity index (χ2v) is 6.89. The van der Waals surface area contributed by atoms with Gasteiger partial charge in [-0.25, -0.2) is 4.79 Å². The summed E-state index contributed by atoms with van der Waals surface area (Å²) in [5.74, 6) is -0.173. The van der Waals surface area contributed by atoms with Crippen molar-refractivity contribution in [1.82, 2.24) is 20.8 Å². The predicted octanol–water partition coefficient (Wildman–Crippen LogP) is 1.90. The average molecular weight is 377 g/mol. The Morgan fingerprint density at radius 2 is 1.96 bits per heavy atom. The summed E-state index contributed by atoms with van der Waals surface area (Å²) in [6, 6.07) is 4.83. The Morgan fingerprint density at radius 3 is 2.62 bits per heavy atom. The number of carbonyl (C=O) groups excluding carboxylic acids is 2. The van der Waals surface area contributed by atoms with Crippen molar-refractivity contribution >= 4 is 29.0 Å². The minimum atomic E-state index is -0.299. The lowest BCUT2D eigenvalue weighted by molar-refractivity contribution is 0.0937. The first-order valence-corrected chi connectivity index (χ1v) is 9.03. The van der Waals surface area contributed by atoms with Crippen LogP contribution in [-0.4, -0.2) is 48.9 Å². The maximum atomic E-state index is 12.0. The Balaban J connectivity index is 1.82. The van der Waals surface area contributed by atoms with E-state index in [2.05, 4.69) is 26.1 Å². The molecule has 3 amide bonds. The van der Waals surface area contributed by atoms with Crippen LogP contribution in [-0.2, 0) is 11.2 Å². The first kappa shape index (κ1) is 19.8. The molecule has 8 nitrogen and oxygen atoms in total. The normalized spacial score (nSPS) is 10.4. The average Bonchev–Trinajstić information content (AvgIpc) is 3.02. The summed E-state index contributed by atoms with van der Waals surface area (Å²) in [5, 5.41) is 18.1. The summed E-state index contributed by atoms with van der Waals surface area (Å²) >= 11 is 1.52. The van der Waals surface area contributed by atoms with Crippen LogP contribution in [0.3, 0.4) is 0 Å². The van der Waals surface area contributed by atoms with Crippen LogP contribution in [0.2, 0.25) is 0 Å². The van der Waals surface area contributed by atoms with E-state index in [0.717, 1.165) is 15.6 Å². The number of carbonyl (C=O) groups is 2. The smallest absolute Gasteiger partial charge is 0.319 e. The van der Waals surface area contributed by atoms with Gasteiger partial charge in [-0.2, -0.15) is 0 Å². The number of nitrogens with zero attached hydrogens (tertiary/aromatic N) is 2. The van der Waals surface area contributed by atoms with E-state index in [-0.39, 0.29) is 11.9 Å². The molecule has 0 aliphatic rings. The van der Waals surface area contributed by atoms with Crippen molar-refractivity contribution in [2.75, 3.05) is 32.1 Å². The number of urea groups is 1. The number of anilines is 1. The molecule has 9 heteroatoms. The van der Waals surface area contributed by atoms with Crippen LogP contribution >= 0.6 is 11.3 Å². The van der Waals surface area contributed by atoms with Crippen molar-refractivity contribution in [1.29, 1.82) is 0 Å². The van der Waals surface area contributed by atoms with Crippen LogP contribution in [0.15, 0.2) is 18.2 Å². The molecule has 0 atom stereocenters. The number of ether oxygens (including phenoxy) is 1. The number of aromatic nitrogens is 2. The van der Waals surface area contributed by atoms with Crippen LogP contribution in [0.1, 0.15) is 25.9 Å². The number of rotatable bonds is 8. The molecule has 0 bridgehead atoms. The molecular formula is C17H23N5O3S. The fraction of sp³-hybridized carbons (Fsp3) is 0.412. The van der Waals surface area contributed by atoms with E-state index >= 15 is 0 Å². The third kappa shape index (κ3) is 6.08. The Kier molecular flexibility index (Phi) is 7.49. The Morgan fingerprint density at radius 1 is 1.15 bits per heavy atom. The molecule has 0 aliphatic carbocycles. The molecule has 1 heterocycles. The monoisotopic (exact) mass is 377 g/mol. The lowest BCUT2D eigenvalue weighted by atomic mass is 10.1. The van der Waals surface area contributed by atoms with Crippen molar-refractivity contribution in [3.05, 3.63) is 39.3 Å². The highest BCUT2D eigenvalue weighted by atomic mass is 32.1. The van der Waals surface area contributed by atoms with Crippen LogP contribution < -0.4 is 16.0 Å². The highest BCUT2D eigenvalue weighted by molar-refractivity contribution is 7.11. The Bertz CT molecular complexity index is 763. The second-order valence-electron chi connectivity index (χ2n) is 5.62. The molecule has 0 fully saturated rings. The number of amides is 3. The van der Waals surface area contributed by atoms with Gasteiger partial charge in [0.25, 0.3) is 5.91 Å². The molecule has 2 rings (SSSR count). The lowest BCUT2D eigenvalue weighted by Crippen LogP contribution is -2.31. The Labute approximate surface area is 156 Å². The fourth-order valence-corrected chi connectivity index (χ4v) is 2.91. The maximum absolute atomic E-state index is 12.0. The molecule has 0 unspecified atom stereocenters. The van der Waals surface area contributed by atoms with Crippen molar-refractivity contribution in [2.45, 2.75) is 20.3 Å². The molecule has 26 heavy (non-hydrogen) atoms. The molecule has 0 saturated carbocycles. The third-order valence-corrected chi connectivity index (χ3v) is 4.42. The van der Waals surface area contributed by atoms with Gasteiger partial charge in [0.2, 0.25) is 0 Å². The molecule has 2 aromatic rings. The van der Waals surface area contributed by atoms with Crippen LogP contribution in [0.5, 0.6) is 0 Å². The van der Waals surface area contributed by atoms with Gasteiger partial charge in [-0.3, -0.25) is 4.79 Å². The molecule has 140 valence electrons. The zero-order chi connectivity index (χ0) is 18.9. The summed E-state index contributed by atoms with van der Waals surface area (Å²) in [5.41, 5.74) is 2.00. The van der Waals surface area contributed by atoms with Gasteiger partial charge in [-0.05, 0) is 37.6 Å². The van der Waals surface area contributed by atoms with Crippen LogP contribution in [0.4, 0.5) is 10.5 Å². The van der Waals surface area contributed by atoms with Gasteiger partial charge < -0.3 is 20.7 Å². The van der Waals surface area contributed by atoms with E-state index < -0.39 is 0 Å². The molecule has 0 saturated heterocycles. The standard InChI is InChI=1S/C17H23N5O3S/c1-11-10-13(16(23)18-8-9-25-3)4-5-14(11)20-17(24)19-7-6-15-22-21-12(2)26-15/h4-5,10H,6-9H2,1-3H3,(H,18,23)(H2,19,20,24). The number of methoxy groups -OCH3 is 1. The summed E-state index contributed by atoms with van der Waals surface area (Å²) in [6.07, 6.45) is 0.637. The lowest BCUT2D eigenvalue weighted by Gasteiger charge is -2.11. The number of nitrogens with one attached hydrogen (secondary N) is 3. The highest BCUT2D eigenvalue weighted by Crippen LogP contribution is 2.16. The van der Waals surface area contributed by atoms with Gasteiger partial charge in [0.05, 0.1) is 6.61 Å². The minimum absolute atomic E-state index is 0.173. The number of benzene rings is 1. The van der Waals surface area contributed by atoms with E-state index in [4.69, 9.17) is 4.74 Å². The minimum Gasteiger partial charge on any atom is -0.383 e. The topological polar surface area (TPSA) is 105 Å². The Hall–Kier alpha value is -2.52.